The molecule has 0 saturated carbocycles. The lowest BCUT2D eigenvalue weighted by molar-refractivity contribution is -0.117. The fourth-order valence-corrected chi connectivity index (χ4v) is 3.09. The Balaban J connectivity index is 1.91. The SMILES string of the molecule is CCOc1ccc(CN(C)CC(=O)Nc2cccc(C(=O)N(CC)CC)c2)cc1. The first-order valence-electron chi connectivity index (χ1n) is 10.1. The zero-order valence-electron chi connectivity index (χ0n) is 17.8. The third-order valence-electron chi connectivity index (χ3n) is 4.54. The second-order valence-corrected chi connectivity index (χ2v) is 6.86. The number of anilines is 1. The minimum absolute atomic E-state index is 0.0290. The molecule has 0 fully saturated rings. The van der Waals surface area contributed by atoms with Crippen molar-refractivity contribution in [1.29, 1.82) is 0 Å². The summed E-state index contributed by atoms with van der Waals surface area (Å²) >= 11 is 0. The molecule has 0 aliphatic rings. The van der Waals surface area contributed by atoms with Gasteiger partial charge in [0.2, 0.25) is 5.91 Å². The van der Waals surface area contributed by atoms with Gasteiger partial charge in [-0.3, -0.25) is 14.5 Å². The molecule has 0 aliphatic heterocycles. The predicted octanol–water partition coefficient (Wildman–Crippen LogP) is 3.64. The molecule has 6 heteroatoms. The highest BCUT2D eigenvalue weighted by Crippen LogP contribution is 2.15. The van der Waals surface area contributed by atoms with Gasteiger partial charge in [-0.15, -0.1) is 0 Å². The number of carbonyl (C=O) groups is 2. The van der Waals surface area contributed by atoms with Crippen LogP contribution in [0.3, 0.4) is 0 Å². The smallest absolute Gasteiger partial charge is 0.253 e. The Morgan fingerprint density at radius 3 is 2.31 bits per heavy atom. The van der Waals surface area contributed by atoms with Crippen molar-refractivity contribution in [3.63, 3.8) is 0 Å². The zero-order chi connectivity index (χ0) is 21.2. The van der Waals surface area contributed by atoms with Crippen LogP contribution in [-0.2, 0) is 11.3 Å². The summed E-state index contributed by atoms with van der Waals surface area (Å²) in [6, 6.07) is 15.0. The van der Waals surface area contributed by atoms with Gasteiger partial charge in [-0.1, -0.05) is 18.2 Å². The van der Waals surface area contributed by atoms with Gasteiger partial charge in [0.05, 0.1) is 13.2 Å². The number of carbonyl (C=O) groups excluding carboxylic acids is 2. The highest BCUT2D eigenvalue weighted by molar-refractivity contribution is 5.97. The van der Waals surface area contributed by atoms with E-state index in [1.807, 2.05) is 57.0 Å². The quantitative estimate of drug-likeness (QED) is 0.665. The molecule has 0 heterocycles. The molecule has 0 atom stereocenters. The van der Waals surface area contributed by atoms with Crippen LogP contribution < -0.4 is 10.1 Å². The topological polar surface area (TPSA) is 61.9 Å². The summed E-state index contributed by atoms with van der Waals surface area (Å²) in [5.41, 5.74) is 2.31. The molecule has 0 aliphatic carbocycles. The Morgan fingerprint density at radius 2 is 1.69 bits per heavy atom. The third kappa shape index (κ3) is 6.91. The van der Waals surface area contributed by atoms with Gasteiger partial charge in [0.1, 0.15) is 5.75 Å². The van der Waals surface area contributed by atoms with Crippen LogP contribution in [0.25, 0.3) is 0 Å². The predicted molar refractivity (Wildman–Crippen MR) is 116 cm³/mol. The molecule has 0 spiro atoms. The maximum absolute atomic E-state index is 12.5. The van der Waals surface area contributed by atoms with Gasteiger partial charge in [-0.05, 0) is 63.7 Å². The van der Waals surface area contributed by atoms with Gasteiger partial charge >= 0.3 is 0 Å². The summed E-state index contributed by atoms with van der Waals surface area (Å²) in [6.07, 6.45) is 0. The van der Waals surface area contributed by atoms with Crippen molar-refractivity contribution in [3.8, 4) is 5.75 Å². The van der Waals surface area contributed by atoms with Crippen LogP contribution in [-0.4, -0.2) is 54.9 Å². The number of benzene rings is 2. The molecule has 2 aromatic rings. The second-order valence-electron chi connectivity index (χ2n) is 6.86. The fraction of sp³-hybridized carbons (Fsp3) is 0.391. The van der Waals surface area contributed by atoms with Crippen LogP contribution in [0.4, 0.5) is 5.69 Å². The van der Waals surface area contributed by atoms with Crippen LogP contribution in [0, 0.1) is 0 Å². The van der Waals surface area contributed by atoms with E-state index in [4.69, 9.17) is 4.74 Å². The lowest BCUT2D eigenvalue weighted by Crippen LogP contribution is -2.31. The first kappa shape index (κ1) is 22.4. The molecule has 2 amide bonds. The number of nitrogens with zero attached hydrogens (tertiary/aromatic N) is 2. The van der Waals surface area contributed by atoms with Crippen LogP contribution in [0.15, 0.2) is 48.5 Å². The van der Waals surface area contributed by atoms with E-state index in [0.29, 0.717) is 37.5 Å². The van der Waals surface area contributed by atoms with E-state index < -0.39 is 0 Å². The molecular formula is C23H31N3O3. The standard InChI is InChI=1S/C23H31N3O3/c1-5-26(6-2)23(28)19-9-8-10-20(15-19)24-22(27)17-25(4)16-18-11-13-21(14-12-18)29-7-3/h8-15H,5-7,16-17H2,1-4H3,(H,24,27). The molecule has 2 rings (SSSR count). The van der Waals surface area contributed by atoms with Crippen molar-refractivity contribution in [2.45, 2.75) is 27.3 Å². The molecule has 156 valence electrons. The van der Waals surface area contributed by atoms with Crippen molar-refractivity contribution in [2.75, 3.05) is 38.6 Å². The largest absolute Gasteiger partial charge is 0.494 e. The van der Waals surface area contributed by atoms with E-state index >= 15 is 0 Å². The normalized spacial score (nSPS) is 10.7. The maximum atomic E-state index is 12.5. The number of ether oxygens (including phenoxy) is 1. The van der Waals surface area contributed by atoms with Crippen molar-refractivity contribution >= 4 is 17.5 Å². The van der Waals surface area contributed by atoms with E-state index in [9.17, 15) is 9.59 Å². The average Bonchev–Trinajstić information content (AvgIpc) is 2.70. The molecule has 0 radical (unpaired) electrons. The summed E-state index contributed by atoms with van der Waals surface area (Å²) < 4.78 is 5.45. The van der Waals surface area contributed by atoms with Crippen molar-refractivity contribution in [3.05, 3.63) is 59.7 Å². The van der Waals surface area contributed by atoms with E-state index in [0.717, 1.165) is 11.3 Å². The summed E-state index contributed by atoms with van der Waals surface area (Å²) in [5, 5.41) is 2.88. The Labute approximate surface area is 173 Å². The number of hydrogen-bond donors (Lipinski definition) is 1. The van der Waals surface area contributed by atoms with Gasteiger partial charge in [0.25, 0.3) is 5.91 Å². The third-order valence-corrected chi connectivity index (χ3v) is 4.54. The number of likely N-dealkylation sites (N-methyl/N-ethyl adjacent to an activating group) is 1. The first-order chi connectivity index (χ1) is 14.0. The molecule has 0 aromatic heterocycles. The van der Waals surface area contributed by atoms with Crippen LogP contribution in [0.1, 0.15) is 36.7 Å². The summed E-state index contributed by atoms with van der Waals surface area (Å²) in [5.74, 6) is 0.695. The number of nitrogens with one attached hydrogen (secondary N) is 1. The summed E-state index contributed by atoms with van der Waals surface area (Å²) in [4.78, 5) is 28.6. The molecule has 2 aromatic carbocycles. The average molecular weight is 398 g/mol. The molecule has 1 N–H and O–H groups in total. The van der Waals surface area contributed by atoms with E-state index in [-0.39, 0.29) is 18.4 Å². The molecule has 0 unspecified atom stereocenters. The molecular weight excluding hydrogens is 366 g/mol. The van der Waals surface area contributed by atoms with E-state index in [1.165, 1.54) is 0 Å². The Bertz CT molecular complexity index is 801. The fourth-order valence-electron chi connectivity index (χ4n) is 3.09. The minimum Gasteiger partial charge on any atom is -0.494 e. The Morgan fingerprint density at radius 1 is 1.00 bits per heavy atom. The molecule has 0 bridgehead atoms. The van der Waals surface area contributed by atoms with Crippen molar-refractivity contribution < 1.29 is 14.3 Å². The second kappa shape index (κ2) is 11.2. The summed E-state index contributed by atoms with van der Waals surface area (Å²) in [7, 11) is 1.90. The number of amides is 2. The Hall–Kier alpha value is -2.86. The van der Waals surface area contributed by atoms with Crippen molar-refractivity contribution in [1.82, 2.24) is 9.80 Å². The Kier molecular flexibility index (Phi) is 8.68. The van der Waals surface area contributed by atoms with Crippen LogP contribution >= 0.6 is 0 Å². The summed E-state index contributed by atoms with van der Waals surface area (Å²) in [6.45, 7) is 8.71. The highest BCUT2D eigenvalue weighted by Gasteiger charge is 2.14. The van der Waals surface area contributed by atoms with Gasteiger partial charge < -0.3 is 15.0 Å². The number of rotatable bonds is 10. The lowest BCUT2D eigenvalue weighted by atomic mass is 10.1. The minimum atomic E-state index is -0.120. The molecule has 29 heavy (non-hydrogen) atoms. The lowest BCUT2D eigenvalue weighted by Gasteiger charge is -2.19. The van der Waals surface area contributed by atoms with Crippen LogP contribution in [0.2, 0.25) is 0 Å². The van der Waals surface area contributed by atoms with E-state index in [1.54, 1.807) is 29.2 Å². The molecule has 0 saturated heterocycles. The van der Waals surface area contributed by atoms with E-state index in [2.05, 4.69) is 5.32 Å². The van der Waals surface area contributed by atoms with Gasteiger partial charge in [-0.2, -0.15) is 0 Å². The van der Waals surface area contributed by atoms with Gasteiger partial charge in [0.15, 0.2) is 0 Å². The monoisotopic (exact) mass is 397 g/mol. The molecule has 6 nitrogen and oxygen atoms in total. The first-order valence-corrected chi connectivity index (χ1v) is 10.1. The van der Waals surface area contributed by atoms with Gasteiger partial charge in [0, 0.05) is 30.9 Å². The van der Waals surface area contributed by atoms with Crippen LogP contribution in [0.5, 0.6) is 5.75 Å². The highest BCUT2D eigenvalue weighted by atomic mass is 16.5. The van der Waals surface area contributed by atoms with Gasteiger partial charge in [-0.25, -0.2) is 0 Å². The maximum Gasteiger partial charge on any atom is 0.253 e. The zero-order valence-corrected chi connectivity index (χ0v) is 17.8. The number of hydrogen-bond acceptors (Lipinski definition) is 4. The van der Waals surface area contributed by atoms with Crippen molar-refractivity contribution in [2.24, 2.45) is 0 Å².